The lowest BCUT2D eigenvalue weighted by molar-refractivity contribution is 0.311. The zero-order valence-corrected chi connectivity index (χ0v) is 14.1. The van der Waals surface area contributed by atoms with E-state index in [1.807, 2.05) is 31.9 Å². The molecule has 0 bridgehead atoms. The van der Waals surface area contributed by atoms with Crippen molar-refractivity contribution in [2.24, 2.45) is 0 Å². The molecule has 0 saturated carbocycles. The number of anilines is 2. The molecule has 2 aliphatic heterocycles. The van der Waals surface area contributed by atoms with Gasteiger partial charge >= 0.3 is 0 Å². The summed E-state index contributed by atoms with van der Waals surface area (Å²) in [5, 5.41) is 3.15. The zero-order valence-electron chi connectivity index (χ0n) is 14.1. The fraction of sp³-hybridized carbons (Fsp3) is 0.529. The number of nitrogens with one attached hydrogen (secondary N) is 1. The minimum absolute atomic E-state index is 0.154. The summed E-state index contributed by atoms with van der Waals surface area (Å²) in [6.07, 6.45) is 0. The minimum Gasteiger partial charge on any atom is -0.367 e. The predicted octanol–water partition coefficient (Wildman–Crippen LogP) is 2.93. The Morgan fingerprint density at radius 2 is 1.73 bits per heavy atom. The van der Waals surface area contributed by atoms with Crippen LogP contribution in [0.3, 0.4) is 0 Å². The molecule has 122 valence electrons. The molecule has 3 rings (SSSR count). The third-order valence-electron chi connectivity index (χ3n) is 4.16. The molecule has 1 aromatic rings. The smallest absolute Gasteiger partial charge is 0.148 e. The maximum Gasteiger partial charge on any atom is 0.148 e. The Labute approximate surface area is 133 Å². The summed E-state index contributed by atoms with van der Waals surface area (Å²) in [5.74, 6) is 0.655. The van der Waals surface area contributed by atoms with Gasteiger partial charge in [0.25, 0.3) is 0 Å². The number of piperazine rings is 1. The number of halogens is 1. The van der Waals surface area contributed by atoms with Crippen LogP contribution in [-0.2, 0) is 6.54 Å². The number of nitrogens with zero attached hydrogens (tertiary/aromatic N) is 3. The summed E-state index contributed by atoms with van der Waals surface area (Å²) in [6.45, 7) is 12.4. The summed E-state index contributed by atoms with van der Waals surface area (Å²) < 4.78 is 14.3. The van der Waals surface area contributed by atoms with Gasteiger partial charge in [0, 0.05) is 45.5 Å². The Morgan fingerprint density at radius 3 is 2.36 bits per heavy atom. The van der Waals surface area contributed by atoms with E-state index >= 15 is 0 Å². The summed E-state index contributed by atoms with van der Waals surface area (Å²) in [5.41, 5.74) is 2.68. The van der Waals surface area contributed by atoms with E-state index in [-0.39, 0.29) is 5.82 Å². The molecule has 0 amide bonds. The van der Waals surface area contributed by atoms with Crippen LogP contribution >= 0.6 is 0 Å². The van der Waals surface area contributed by atoms with Gasteiger partial charge in [-0.05, 0) is 24.7 Å². The van der Waals surface area contributed by atoms with E-state index < -0.39 is 0 Å². The molecule has 0 unspecified atom stereocenters. The van der Waals surface area contributed by atoms with Crippen molar-refractivity contribution in [3.8, 4) is 0 Å². The topological polar surface area (TPSA) is 21.8 Å². The summed E-state index contributed by atoms with van der Waals surface area (Å²) in [6, 6.07) is 3.58. The third kappa shape index (κ3) is 3.35. The highest BCUT2D eigenvalue weighted by molar-refractivity contribution is 5.64. The standard InChI is InChI=1S/C15H21FN4.C2H6/c1-11-17-14-9-13(16)15(8-12(14)10-19(11)3)20-6-4-18(2)5-7-20;1-2/h8-9,17H,1,4-7,10H2,2-3H3;1-2H3. The largest absolute Gasteiger partial charge is 0.367 e. The highest BCUT2D eigenvalue weighted by Crippen LogP contribution is 2.32. The van der Waals surface area contributed by atoms with E-state index in [1.165, 1.54) is 0 Å². The Kier molecular flexibility index (Phi) is 5.29. The van der Waals surface area contributed by atoms with E-state index in [1.54, 1.807) is 6.07 Å². The molecule has 22 heavy (non-hydrogen) atoms. The van der Waals surface area contributed by atoms with Crippen LogP contribution in [0.2, 0.25) is 0 Å². The molecule has 2 heterocycles. The van der Waals surface area contributed by atoms with Crippen LogP contribution in [-0.4, -0.2) is 50.1 Å². The van der Waals surface area contributed by atoms with Gasteiger partial charge in [-0.15, -0.1) is 0 Å². The maximum atomic E-state index is 14.3. The van der Waals surface area contributed by atoms with Gasteiger partial charge in [0.2, 0.25) is 0 Å². The summed E-state index contributed by atoms with van der Waals surface area (Å²) in [4.78, 5) is 6.44. The first-order chi connectivity index (χ1) is 10.5. The number of hydrogen-bond acceptors (Lipinski definition) is 4. The van der Waals surface area contributed by atoms with E-state index in [0.29, 0.717) is 0 Å². The lowest BCUT2D eigenvalue weighted by Gasteiger charge is -2.36. The average molecular weight is 306 g/mol. The molecule has 0 radical (unpaired) electrons. The predicted molar refractivity (Wildman–Crippen MR) is 91.7 cm³/mol. The highest BCUT2D eigenvalue weighted by atomic mass is 19.1. The molecule has 4 nitrogen and oxygen atoms in total. The van der Waals surface area contributed by atoms with Crippen molar-refractivity contribution in [3.63, 3.8) is 0 Å². The van der Waals surface area contributed by atoms with Gasteiger partial charge in [0.1, 0.15) is 5.82 Å². The minimum atomic E-state index is -0.154. The van der Waals surface area contributed by atoms with Crippen molar-refractivity contribution >= 4 is 11.4 Å². The van der Waals surface area contributed by atoms with Crippen molar-refractivity contribution in [2.45, 2.75) is 20.4 Å². The van der Waals surface area contributed by atoms with Crippen LogP contribution in [0.5, 0.6) is 0 Å². The van der Waals surface area contributed by atoms with Crippen molar-refractivity contribution in [1.82, 2.24) is 9.80 Å². The van der Waals surface area contributed by atoms with Crippen LogP contribution in [0, 0.1) is 5.82 Å². The molecule has 1 aromatic carbocycles. The van der Waals surface area contributed by atoms with Gasteiger partial charge in [0.15, 0.2) is 0 Å². The van der Waals surface area contributed by atoms with Crippen molar-refractivity contribution < 1.29 is 4.39 Å². The van der Waals surface area contributed by atoms with Crippen LogP contribution < -0.4 is 10.2 Å². The van der Waals surface area contributed by atoms with Gasteiger partial charge in [-0.25, -0.2) is 4.39 Å². The summed E-state index contributed by atoms with van der Waals surface area (Å²) >= 11 is 0. The van der Waals surface area contributed by atoms with E-state index in [0.717, 1.165) is 55.5 Å². The van der Waals surface area contributed by atoms with Crippen LogP contribution in [0.25, 0.3) is 0 Å². The van der Waals surface area contributed by atoms with Gasteiger partial charge in [-0.3, -0.25) is 0 Å². The molecule has 1 saturated heterocycles. The van der Waals surface area contributed by atoms with Gasteiger partial charge in [0.05, 0.1) is 11.5 Å². The number of hydrogen-bond donors (Lipinski definition) is 1. The van der Waals surface area contributed by atoms with Gasteiger partial charge in [-0.2, -0.15) is 0 Å². The first kappa shape index (κ1) is 16.6. The van der Waals surface area contributed by atoms with E-state index in [9.17, 15) is 4.39 Å². The Bertz CT molecular complexity index is 536. The molecule has 0 aromatic heterocycles. The molecular weight excluding hydrogens is 279 g/mol. The highest BCUT2D eigenvalue weighted by Gasteiger charge is 2.22. The first-order valence-electron chi connectivity index (χ1n) is 7.97. The lowest BCUT2D eigenvalue weighted by Crippen LogP contribution is -2.45. The molecule has 1 fully saturated rings. The molecule has 0 atom stereocenters. The van der Waals surface area contributed by atoms with Crippen LogP contribution in [0.15, 0.2) is 24.5 Å². The molecular formula is C17H27FN4. The second kappa shape index (κ2) is 7.01. The number of likely N-dealkylation sites (N-methyl/N-ethyl adjacent to an activating group) is 1. The van der Waals surface area contributed by atoms with E-state index in [2.05, 4.69) is 28.7 Å². The Hall–Kier alpha value is -1.75. The molecule has 0 spiro atoms. The normalized spacial score (nSPS) is 18.3. The maximum absolute atomic E-state index is 14.3. The van der Waals surface area contributed by atoms with Crippen molar-refractivity contribution in [2.75, 3.05) is 50.5 Å². The second-order valence-electron chi connectivity index (χ2n) is 5.68. The lowest BCUT2D eigenvalue weighted by atomic mass is 10.1. The van der Waals surface area contributed by atoms with Gasteiger partial charge < -0.3 is 20.0 Å². The molecule has 0 aliphatic carbocycles. The van der Waals surface area contributed by atoms with Gasteiger partial charge in [-0.1, -0.05) is 20.4 Å². The number of rotatable bonds is 1. The molecule has 5 heteroatoms. The summed E-state index contributed by atoms with van der Waals surface area (Å²) in [7, 11) is 4.09. The van der Waals surface area contributed by atoms with Crippen LogP contribution in [0.4, 0.5) is 15.8 Å². The van der Waals surface area contributed by atoms with Crippen molar-refractivity contribution in [3.05, 3.63) is 35.9 Å². The van der Waals surface area contributed by atoms with Crippen LogP contribution in [0.1, 0.15) is 19.4 Å². The fourth-order valence-electron chi connectivity index (χ4n) is 2.74. The first-order valence-corrected chi connectivity index (χ1v) is 7.97. The average Bonchev–Trinajstić information content (AvgIpc) is 2.51. The monoisotopic (exact) mass is 306 g/mol. The zero-order chi connectivity index (χ0) is 16.3. The quantitative estimate of drug-likeness (QED) is 0.861. The second-order valence-corrected chi connectivity index (χ2v) is 5.68. The fourth-order valence-corrected chi connectivity index (χ4v) is 2.74. The van der Waals surface area contributed by atoms with Crippen molar-refractivity contribution in [1.29, 1.82) is 0 Å². The Balaban J connectivity index is 0.000000847. The third-order valence-corrected chi connectivity index (χ3v) is 4.16. The molecule has 2 aliphatic rings. The SMILES string of the molecule is C=C1Nc2cc(F)c(N3CCN(C)CC3)cc2CN1C.CC. The number of benzene rings is 1. The Morgan fingerprint density at radius 1 is 1.09 bits per heavy atom. The number of fused-ring (bicyclic) bond motifs is 1. The molecule has 1 N–H and O–H groups in total. The van der Waals surface area contributed by atoms with E-state index in [4.69, 9.17) is 0 Å².